The smallest absolute Gasteiger partial charge is 0.300 e. The van der Waals surface area contributed by atoms with Gasteiger partial charge in [-0.15, -0.1) is 0 Å². The fourth-order valence-corrected chi connectivity index (χ4v) is 1.27. The maximum atomic E-state index is 5.68. The van der Waals surface area contributed by atoms with Crippen LogP contribution in [0.25, 0.3) is 0 Å². The van der Waals surface area contributed by atoms with Crippen molar-refractivity contribution >= 4 is 11.8 Å². The van der Waals surface area contributed by atoms with Gasteiger partial charge in [-0.3, -0.25) is 5.32 Å². The molecule has 0 fully saturated rings. The summed E-state index contributed by atoms with van der Waals surface area (Å²) >= 11 is 0. The molecule has 2 aromatic rings. The topological polar surface area (TPSA) is 77.0 Å². The lowest BCUT2D eigenvalue weighted by molar-refractivity contribution is 0.573. The van der Waals surface area contributed by atoms with Gasteiger partial charge in [0.25, 0.3) is 0 Å². The maximum Gasteiger partial charge on any atom is 0.300 e. The third kappa shape index (κ3) is 2.38. The minimum atomic E-state index is -0.134. The molecule has 84 valence electrons. The summed E-state index contributed by atoms with van der Waals surface area (Å²) < 4.78 is 5.23. The minimum absolute atomic E-state index is 0.134. The fraction of sp³-hybridized carbons (Fsp3) is 0.273. The van der Waals surface area contributed by atoms with Gasteiger partial charge in [0.05, 0.1) is 5.69 Å². The van der Waals surface area contributed by atoms with E-state index in [9.17, 15) is 0 Å². The van der Waals surface area contributed by atoms with Crippen LogP contribution in [-0.2, 0) is 0 Å². The lowest BCUT2D eigenvalue weighted by Crippen LogP contribution is -2.05. The Morgan fingerprint density at radius 2 is 2.31 bits per heavy atom. The second-order valence-electron chi connectivity index (χ2n) is 3.71. The highest BCUT2D eigenvalue weighted by atomic mass is 16.4. The standard InChI is InChI=1S/C11H14N4O/c1-7-3-4-13-10(5-7)15-11-14-9(6-16-11)8(2)12/h3-6,8H,12H2,1-2H3,(H,13,14,15). The first-order valence-electron chi connectivity index (χ1n) is 5.06. The first-order valence-corrected chi connectivity index (χ1v) is 5.06. The summed E-state index contributed by atoms with van der Waals surface area (Å²) in [6.07, 6.45) is 3.27. The second kappa shape index (κ2) is 4.32. The van der Waals surface area contributed by atoms with Crippen molar-refractivity contribution in [2.24, 2.45) is 5.73 Å². The average Bonchev–Trinajstić information content (AvgIpc) is 2.66. The Morgan fingerprint density at radius 3 is 2.94 bits per heavy atom. The Bertz CT molecular complexity index is 478. The van der Waals surface area contributed by atoms with Crippen molar-refractivity contribution < 1.29 is 4.42 Å². The molecule has 0 aliphatic rings. The quantitative estimate of drug-likeness (QED) is 0.825. The van der Waals surface area contributed by atoms with Crippen molar-refractivity contribution in [2.75, 3.05) is 5.32 Å². The Hall–Kier alpha value is -1.88. The van der Waals surface area contributed by atoms with Crippen LogP contribution in [0.1, 0.15) is 24.2 Å². The highest BCUT2D eigenvalue weighted by Gasteiger charge is 2.07. The van der Waals surface area contributed by atoms with Gasteiger partial charge in [-0.25, -0.2) is 4.98 Å². The van der Waals surface area contributed by atoms with Crippen molar-refractivity contribution in [3.8, 4) is 0 Å². The van der Waals surface area contributed by atoms with Crippen molar-refractivity contribution in [3.63, 3.8) is 0 Å². The lowest BCUT2D eigenvalue weighted by atomic mass is 10.3. The number of nitrogens with one attached hydrogen (secondary N) is 1. The van der Waals surface area contributed by atoms with E-state index in [-0.39, 0.29) is 6.04 Å². The fourth-order valence-electron chi connectivity index (χ4n) is 1.27. The molecule has 2 rings (SSSR count). The Kier molecular flexibility index (Phi) is 2.87. The second-order valence-corrected chi connectivity index (χ2v) is 3.71. The van der Waals surface area contributed by atoms with Crippen LogP contribution < -0.4 is 11.1 Å². The van der Waals surface area contributed by atoms with Crippen LogP contribution >= 0.6 is 0 Å². The van der Waals surface area contributed by atoms with E-state index in [0.717, 1.165) is 11.3 Å². The van der Waals surface area contributed by atoms with E-state index in [0.29, 0.717) is 11.8 Å². The van der Waals surface area contributed by atoms with Crippen molar-refractivity contribution in [1.82, 2.24) is 9.97 Å². The molecule has 5 nitrogen and oxygen atoms in total. The third-order valence-electron chi connectivity index (χ3n) is 2.14. The summed E-state index contributed by atoms with van der Waals surface area (Å²) in [6.45, 7) is 3.85. The number of hydrogen-bond donors (Lipinski definition) is 2. The molecule has 0 bridgehead atoms. The number of oxazole rings is 1. The van der Waals surface area contributed by atoms with Gasteiger partial charge in [0, 0.05) is 12.2 Å². The molecule has 1 atom stereocenters. The number of aromatic nitrogens is 2. The van der Waals surface area contributed by atoms with Gasteiger partial charge in [-0.1, -0.05) is 0 Å². The number of nitrogens with zero attached hydrogens (tertiary/aromatic N) is 2. The first-order chi connectivity index (χ1) is 7.65. The maximum absolute atomic E-state index is 5.68. The third-order valence-corrected chi connectivity index (χ3v) is 2.14. The summed E-state index contributed by atoms with van der Waals surface area (Å²) in [5.74, 6) is 0.707. The predicted octanol–water partition coefficient (Wildman–Crippen LogP) is 2.14. The molecule has 1 unspecified atom stereocenters. The van der Waals surface area contributed by atoms with Crippen LogP contribution in [0.3, 0.4) is 0 Å². The Labute approximate surface area is 93.7 Å². The number of hydrogen-bond acceptors (Lipinski definition) is 5. The number of pyridine rings is 1. The average molecular weight is 218 g/mol. The van der Waals surface area contributed by atoms with Gasteiger partial charge in [0.15, 0.2) is 0 Å². The van der Waals surface area contributed by atoms with E-state index in [2.05, 4.69) is 15.3 Å². The number of rotatable bonds is 3. The molecule has 2 heterocycles. The van der Waals surface area contributed by atoms with Crippen LogP contribution in [0, 0.1) is 6.92 Å². The van der Waals surface area contributed by atoms with E-state index in [1.54, 1.807) is 12.5 Å². The van der Waals surface area contributed by atoms with Gasteiger partial charge in [0.1, 0.15) is 12.1 Å². The number of anilines is 2. The highest BCUT2D eigenvalue weighted by Crippen LogP contribution is 2.17. The molecular formula is C11H14N4O. The SMILES string of the molecule is Cc1ccnc(Nc2nc(C(C)N)co2)c1. The molecule has 0 saturated heterocycles. The lowest BCUT2D eigenvalue weighted by Gasteiger charge is -2.01. The molecule has 0 radical (unpaired) electrons. The molecule has 0 aromatic carbocycles. The monoisotopic (exact) mass is 218 g/mol. The van der Waals surface area contributed by atoms with Gasteiger partial charge in [-0.2, -0.15) is 4.98 Å². The molecule has 3 N–H and O–H groups in total. The largest absolute Gasteiger partial charge is 0.432 e. The molecule has 0 aliphatic carbocycles. The normalized spacial score (nSPS) is 12.4. The molecule has 0 aliphatic heterocycles. The van der Waals surface area contributed by atoms with Crippen molar-refractivity contribution in [1.29, 1.82) is 0 Å². The summed E-state index contributed by atoms with van der Waals surface area (Å²) in [7, 11) is 0. The van der Waals surface area contributed by atoms with Crippen molar-refractivity contribution in [2.45, 2.75) is 19.9 Å². The van der Waals surface area contributed by atoms with E-state index in [4.69, 9.17) is 10.2 Å². The van der Waals surface area contributed by atoms with Crippen LogP contribution in [0.2, 0.25) is 0 Å². The number of aryl methyl sites for hydroxylation is 1. The van der Waals surface area contributed by atoms with E-state index >= 15 is 0 Å². The first kappa shape index (κ1) is 10.6. The van der Waals surface area contributed by atoms with Crippen LogP contribution in [-0.4, -0.2) is 9.97 Å². The zero-order valence-electron chi connectivity index (χ0n) is 9.27. The Balaban J connectivity index is 2.14. The molecule has 2 aromatic heterocycles. The predicted molar refractivity (Wildman–Crippen MR) is 61.4 cm³/mol. The van der Waals surface area contributed by atoms with Crippen LogP contribution in [0.4, 0.5) is 11.8 Å². The molecule has 5 heteroatoms. The minimum Gasteiger partial charge on any atom is -0.432 e. The van der Waals surface area contributed by atoms with Crippen LogP contribution in [0.5, 0.6) is 0 Å². The summed E-state index contributed by atoms with van der Waals surface area (Å²) in [5.41, 5.74) is 7.52. The van der Waals surface area contributed by atoms with Gasteiger partial charge in [-0.05, 0) is 31.5 Å². The summed E-state index contributed by atoms with van der Waals surface area (Å²) in [6, 6.07) is 4.11. The zero-order valence-corrected chi connectivity index (χ0v) is 9.27. The molecule has 0 spiro atoms. The molecule has 0 saturated carbocycles. The van der Waals surface area contributed by atoms with Crippen LogP contribution in [0.15, 0.2) is 29.0 Å². The zero-order chi connectivity index (χ0) is 11.5. The van der Waals surface area contributed by atoms with E-state index < -0.39 is 0 Å². The summed E-state index contributed by atoms with van der Waals surface area (Å²) in [4.78, 5) is 8.34. The molecule has 0 amide bonds. The van der Waals surface area contributed by atoms with Gasteiger partial charge < -0.3 is 10.2 Å². The molecular weight excluding hydrogens is 204 g/mol. The number of nitrogens with two attached hydrogens (primary N) is 1. The molecule has 16 heavy (non-hydrogen) atoms. The summed E-state index contributed by atoms with van der Waals surface area (Å²) in [5, 5.41) is 2.98. The van der Waals surface area contributed by atoms with E-state index in [1.165, 1.54) is 0 Å². The highest BCUT2D eigenvalue weighted by molar-refractivity contribution is 5.47. The van der Waals surface area contributed by atoms with Gasteiger partial charge >= 0.3 is 6.01 Å². The van der Waals surface area contributed by atoms with Gasteiger partial charge in [0.2, 0.25) is 0 Å². The van der Waals surface area contributed by atoms with Crippen molar-refractivity contribution in [3.05, 3.63) is 35.9 Å². The van der Waals surface area contributed by atoms with E-state index in [1.807, 2.05) is 26.0 Å². The Morgan fingerprint density at radius 1 is 1.50 bits per heavy atom.